The third-order valence-electron chi connectivity index (χ3n) is 4.07. The summed E-state index contributed by atoms with van der Waals surface area (Å²) in [6.45, 7) is 6.60. The third-order valence-corrected chi connectivity index (χ3v) is 4.07. The van der Waals surface area contributed by atoms with Gasteiger partial charge in [-0.15, -0.1) is 0 Å². The van der Waals surface area contributed by atoms with E-state index in [0.717, 1.165) is 39.2 Å². The van der Waals surface area contributed by atoms with Crippen molar-refractivity contribution in [3.05, 3.63) is 64.8 Å². The summed E-state index contributed by atoms with van der Waals surface area (Å²) in [4.78, 5) is 4.60. The van der Waals surface area contributed by atoms with Crippen LogP contribution in [0.1, 0.15) is 22.4 Å². The number of nitrogens with two attached hydrogens (primary N) is 1. The number of pyridine rings is 1. The lowest BCUT2D eigenvalue weighted by molar-refractivity contribution is 0.308. The van der Waals surface area contributed by atoms with Crippen LogP contribution in [0, 0.1) is 20.8 Å². The molecule has 3 rings (SSSR count). The van der Waals surface area contributed by atoms with Crippen LogP contribution in [0.15, 0.2) is 42.5 Å². The first-order chi connectivity index (χ1) is 10.6. The van der Waals surface area contributed by atoms with Crippen molar-refractivity contribution in [2.24, 2.45) is 0 Å². The second-order valence-electron chi connectivity index (χ2n) is 5.64. The molecule has 0 aliphatic carbocycles. The summed E-state index contributed by atoms with van der Waals surface area (Å²) in [5.74, 6) is 0.808. The van der Waals surface area contributed by atoms with Gasteiger partial charge in [0.05, 0.1) is 0 Å². The smallest absolute Gasteiger partial charge is 0.146 e. The molecule has 22 heavy (non-hydrogen) atoms. The number of ether oxygens (including phenoxy) is 1. The molecule has 0 saturated carbocycles. The van der Waals surface area contributed by atoms with Crippen molar-refractivity contribution in [3.63, 3.8) is 0 Å². The zero-order chi connectivity index (χ0) is 15.7. The van der Waals surface area contributed by atoms with Crippen LogP contribution in [-0.4, -0.2) is 4.98 Å². The van der Waals surface area contributed by atoms with Crippen molar-refractivity contribution in [3.8, 4) is 5.75 Å². The average Bonchev–Trinajstić information content (AvgIpc) is 2.51. The van der Waals surface area contributed by atoms with Crippen LogP contribution in [0.25, 0.3) is 10.9 Å². The van der Waals surface area contributed by atoms with E-state index in [0.29, 0.717) is 6.61 Å². The van der Waals surface area contributed by atoms with Gasteiger partial charge in [0.15, 0.2) is 0 Å². The quantitative estimate of drug-likeness (QED) is 0.731. The largest absolute Gasteiger partial charge is 0.487 e. The van der Waals surface area contributed by atoms with Crippen molar-refractivity contribution in [1.29, 1.82) is 0 Å². The van der Waals surface area contributed by atoms with Crippen molar-refractivity contribution < 1.29 is 4.74 Å². The van der Waals surface area contributed by atoms with Gasteiger partial charge in [-0.3, -0.25) is 0 Å². The summed E-state index contributed by atoms with van der Waals surface area (Å²) >= 11 is 0. The number of aryl methyl sites for hydroxylation is 2. The topological polar surface area (TPSA) is 48.1 Å². The molecular weight excluding hydrogens is 272 g/mol. The summed E-state index contributed by atoms with van der Waals surface area (Å²) in [5.41, 5.74) is 12.1. The number of nitrogens with zero attached hydrogens (tertiary/aromatic N) is 1. The lowest BCUT2D eigenvalue weighted by Gasteiger charge is -2.14. The normalized spacial score (nSPS) is 10.9. The summed E-state index contributed by atoms with van der Waals surface area (Å²) < 4.78 is 6.06. The summed E-state index contributed by atoms with van der Waals surface area (Å²) in [5, 5.41) is 1.09. The van der Waals surface area contributed by atoms with Crippen LogP contribution < -0.4 is 10.5 Å². The molecule has 0 unspecified atom stereocenters. The van der Waals surface area contributed by atoms with Gasteiger partial charge in [-0.1, -0.05) is 24.3 Å². The zero-order valence-corrected chi connectivity index (χ0v) is 13.2. The van der Waals surface area contributed by atoms with Gasteiger partial charge < -0.3 is 10.5 Å². The highest BCUT2D eigenvalue weighted by Gasteiger charge is 2.09. The fourth-order valence-corrected chi connectivity index (χ4v) is 2.62. The van der Waals surface area contributed by atoms with Crippen LogP contribution in [-0.2, 0) is 6.61 Å². The molecule has 0 spiro atoms. The van der Waals surface area contributed by atoms with E-state index in [1.807, 2.05) is 50.2 Å². The number of para-hydroxylation sites is 1. The van der Waals surface area contributed by atoms with E-state index in [2.05, 4.69) is 18.0 Å². The maximum absolute atomic E-state index is 6.06. The van der Waals surface area contributed by atoms with Crippen LogP contribution in [0.2, 0.25) is 0 Å². The van der Waals surface area contributed by atoms with E-state index < -0.39 is 0 Å². The number of rotatable bonds is 3. The molecule has 3 nitrogen and oxygen atoms in total. The molecule has 3 heteroatoms. The molecule has 0 saturated heterocycles. The minimum atomic E-state index is 0.497. The standard InChI is InChI=1S/C19H20N2O/c1-12-7-10-17(20)14(3)16(12)11-22-18-6-4-5-15-9-8-13(2)21-19(15)18/h4-10H,11,20H2,1-3H3. The highest BCUT2D eigenvalue weighted by molar-refractivity contribution is 5.84. The third kappa shape index (κ3) is 2.62. The highest BCUT2D eigenvalue weighted by Crippen LogP contribution is 2.27. The van der Waals surface area contributed by atoms with Gasteiger partial charge in [0.2, 0.25) is 0 Å². The Morgan fingerprint density at radius 3 is 2.64 bits per heavy atom. The predicted molar refractivity (Wildman–Crippen MR) is 91.1 cm³/mol. The van der Waals surface area contributed by atoms with Gasteiger partial charge in [0.25, 0.3) is 0 Å². The van der Waals surface area contributed by atoms with Crippen molar-refractivity contribution in [2.75, 3.05) is 5.73 Å². The SMILES string of the molecule is Cc1ccc2cccc(OCc3c(C)ccc(N)c3C)c2n1. The van der Waals surface area contributed by atoms with Crippen molar-refractivity contribution in [2.45, 2.75) is 27.4 Å². The molecule has 2 N–H and O–H groups in total. The molecule has 0 aliphatic rings. The van der Waals surface area contributed by atoms with E-state index in [9.17, 15) is 0 Å². The van der Waals surface area contributed by atoms with Gasteiger partial charge in [-0.25, -0.2) is 4.98 Å². The van der Waals surface area contributed by atoms with E-state index in [-0.39, 0.29) is 0 Å². The van der Waals surface area contributed by atoms with E-state index >= 15 is 0 Å². The Bertz CT molecular complexity index is 840. The summed E-state index contributed by atoms with van der Waals surface area (Å²) in [6, 6.07) is 14.1. The molecule has 0 radical (unpaired) electrons. The average molecular weight is 292 g/mol. The lowest BCUT2D eigenvalue weighted by atomic mass is 10.0. The van der Waals surface area contributed by atoms with Crippen LogP contribution >= 0.6 is 0 Å². The van der Waals surface area contributed by atoms with E-state index in [1.165, 1.54) is 5.56 Å². The molecule has 0 atom stereocenters. The fraction of sp³-hybridized carbons (Fsp3) is 0.211. The second-order valence-corrected chi connectivity index (χ2v) is 5.64. The number of benzene rings is 2. The monoisotopic (exact) mass is 292 g/mol. The number of nitrogen functional groups attached to an aromatic ring is 1. The van der Waals surface area contributed by atoms with E-state index in [4.69, 9.17) is 10.5 Å². The molecular formula is C19H20N2O. The Kier molecular flexibility index (Phi) is 3.72. The Morgan fingerprint density at radius 1 is 1.00 bits per heavy atom. The summed E-state index contributed by atoms with van der Waals surface area (Å²) in [6.07, 6.45) is 0. The second kappa shape index (κ2) is 5.68. The van der Waals surface area contributed by atoms with Gasteiger partial charge in [0, 0.05) is 16.8 Å². The molecule has 2 aromatic carbocycles. The maximum Gasteiger partial charge on any atom is 0.146 e. The number of fused-ring (bicyclic) bond motifs is 1. The first kappa shape index (κ1) is 14.4. The Morgan fingerprint density at radius 2 is 1.82 bits per heavy atom. The van der Waals surface area contributed by atoms with E-state index in [1.54, 1.807) is 0 Å². The summed E-state index contributed by atoms with van der Waals surface area (Å²) in [7, 11) is 0. The van der Waals surface area contributed by atoms with Gasteiger partial charge in [-0.05, 0) is 55.7 Å². The van der Waals surface area contributed by atoms with Crippen molar-refractivity contribution >= 4 is 16.6 Å². The molecule has 0 amide bonds. The first-order valence-corrected chi connectivity index (χ1v) is 7.40. The zero-order valence-electron chi connectivity index (χ0n) is 13.2. The molecule has 1 aromatic heterocycles. The minimum Gasteiger partial charge on any atom is -0.487 e. The predicted octanol–water partition coefficient (Wildman–Crippen LogP) is 4.32. The number of hydrogen-bond acceptors (Lipinski definition) is 3. The lowest BCUT2D eigenvalue weighted by Crippen LogP contribution is -2.04. The molecule has 0 bridgehead atoms. The van der Waals surface area contributed by atoms with Crippen LogP contribution in [0.4, 0.5) is 5.69 Å². The Hall–Kier alpha value is -2.55. The highest BCUT2D eigenvalue weighted by atomic mass is 16.5. The van der Waals surface area contributed by atoms with Gasteiger partial charge in [0.1, 0.15) is 17.9 Å². The van der Waals surface area contributed by atoms with Crippen LogP contribution in [0.3, 0.4) is 0 Å². The first-order valence-electron chi connectivity index (χ1n) is 7.40. The van der Waals surface area contributed by atoms with Crippen LogP contribution in [0.5, 0.6) is 5.75 Å². The minimum absolute atomic E-state index is 0.497. The van der Waals surface area contributed by atoms with Crippen molar-refractivity contribution in [1.82, 2.24) is 4.98 Å². The molecule has 1 heterocycles. The number of anilines is 1. The molecule has 0 fully saturated rings. The Labute approximate surface area is 130 Å². The van der Waals surface area contributed by atoms with Gasteiger partial charge >= 0.3 is 0 Å². The number of hydrogen-bond donors (Lipinski definition) is 1. The Balaban J connectivity index is 1.95. The van der Waals surface area contributed by atoms with Gasteiger partial charge in [-0.2, -0.15) is 0 Å². The number of aromatic nitrogens is 1. The fourth-order valence-electron chi connectivity index (χ4n) is 2.62. The molecule has 3 aromatic rings. The molecule has 112 valence electrons. The maximum atomic E-state index is 6.06. The molecule has 0 aliphatic heterocycles.